The third kappa shape index (κ3) is 4.56. The Labute approximate surface area is 170 Å². The molecule has 0 bridgehead atoms. The Morgan fingerprint density at radius 1 is 0.900 bits per heavy atom. The fourth-order valence-corrected chi connectivity index (χ4v) is 3.02. The third-order valence-electron chi connectivity index (χ3n) is 4.30. The monoisotopic (exact) mass is 420 g/mol. The number of rotatable bonds is 7. The van der Waals surface area contributed by atoms with Gasteiger partial charge in [0.15, 0.2) is 0 Å². The summed E-state index contributed by atoms with van der Waals surface area (Å²) in [4.78, 5) is 26.6. The van der Waals surface area contributed by atoms with E-state index >= 15 is 0 Å². The van der Waals surface area contributed by atoms with Crippen molar-refractivity contribution in [1.29, 1.82) is 0 Å². The first kappa shape index (κ1) is 21.2. The Hall–Kier alpha value is -3.49. The molecule has 0 atom stereocenters. The van der Waals surface area contributed by atoms with Crippen LogP contribution < -0.4 is 14.8 Å². The molecule has 1 N–H and O–H groups in total. The number of anilines is 1. The quantitative estimate of drug-likeness (QED) is 0.681. The number of likely N-dealkylation sites (N-methyl/N-ethyl adjacent to an activating group) is 1. The lowest BCUT2D eigenvalue weighted by atomic mass is 10.0. The zero-order chi connectivity index (χ0) is 21.9. The largest absolute Gasteiger partial charge is 0.573 e. The number of carbonyl (C=O) groups is 2. The summed E-state index contributed by atoms with van der Waals surface area (Å²) in [6.45, 7) is 4.20. The predicted molar refractivity (Wildman–Crippen MR) is 104 cm³/mol. The standard InChI is InChI=1S/C21H19F3N2O4/c1-3-26-19(27)17(13-5-9-15(10-6-13)29-4-2)18(20(26)28)25-14-7-11-16(12-8-14)30-21(22,23)24/h5-12,25H,3-4H2,1-2H3. The van der Waals surface area contributed by atoms with Crippen molar-refractivity contribution in [1.82, 2.24) is 4.90 Å². The fraction of sp³-hybridized carbons (Fsp3) is 0.238. The maximum Gasteiger partial charge on any atom is 0.573 e. The summed E-state index contributed by atoms with van der Waals surface area (Å²) in [7, 11) is 0. The van der Waals surface area contributed by atoms with Crippen LogP contribution in [0.15, 0.2) is 54.2 Å². The number of benzene rings is 2. The van der Waals surface area contributed by atoms with Gasteiger partial charge in [0.2, 0.25) is 0 Å². The van der Waals surface area contributed by atoms with Crippen LogP contribution in [-0.4, -0.2) is 36.2 Å². The molecule has 1 aliphatic rings. The van der Waals surface area contributed by atoms with Crippen molar-refractivity contribution in [3.63, 3.8) is 0 Å². The molecule has 6 nitrogen and oxygen atoms in total. The Morgan fingerprint density at radius 3 is 2.03 bits per heavy atom. The summed E-state index contributed by atoms with van der Waals surface area (Å²) in [5.41, 5.74) is 1.09. The minimum absolute atomic E-state index is 0.0514. The van der Waals surface area contributed by atoms with Crippen LogP contribution in [0, 0.1) is 0 Å². The Morgan fingerprint density at radius 2 is 1.50 bits per heavy atom. The molecule has 3 rings (SSSR count). The number of nitrogens with zero attached hydrogens (tertiary/aromatic N) is 1. The van der Waals surface area contributed by atoms with Crippen molar-refractivity contribution >= 4 is 23.1 Å². The highest BCUT2D eigenvalue weighted by atomic mass is 19.4. The van der Waals surface area contributed by atoms with E-state index in [1.807, 2.05) is 6.92 Å². The smallest absolute Gasteiger partial charge is 0.494 e. The van der Waals surface area contributed by atoms with Gasteiger partial charge in [0.1, 0.15) is 17.2 Å². The van der Waals surface area contributed by atoms with Gasteiger partial charge in [-0.1, -0.05) is 12.1 Å². The Kier molecular flexibility index (Phi) is 6.00. The molecular weight excluding hydrogens is 401 g/mol. The van der Waals surface area contributed by atoms with Crippen LogP contribution >= 0.6 is 0 Å². The molecule has 1 aliphatic heterocycles. The van der Waals surface area contributed by atoms with Gasteiger partial charge in [-0.2, -0.15) is 0 Å². The van der Waals surface area contributed by atoms with E-state index < -0.39 is 23.9 Å². The van der Waals surface area contributed by atoms with E-state index in [0.717, 1.165) is 17.0 Å². The molecule has 0 unspecified atom stereocenters. The van der Waals surface area contributed by atoms with Crippen LogP contribution in [0.3, 0.4) is 0 Å². The first-order valence-corrected chi connectivity index (χ1v) is 9.20. The molecule has 0 fully saturated rings. The highest BCUT2D eigenvalue weighted by molar-refractivity contribution is 6.36. The van der Waals surface area contributed by atoms with E-state index in [9.17, 15) is 22.8 Å². The highest BCUT2D eigenvalue weighted by Gasteiger charge is 2.38. The van der Waals surface area contributed by atoms with Crippen LogP contribution in [0.5, 0.6) is 11.5 Å². The van der Waals surface area contributed by atoms with Crippen molar-refractivity contribution in [3.05, 3.63) is 59.8 Å². The number of ether oxygens (including phenoxy) is 2. The second kappa shape index (κ2) is 8.48. The van der Waals surface area contributed by atoms with Gasteiger partial charge in [-0.05, 0) is 55.8 Å². The number of hydrogen-bond acceptors (Lipinski definition) is 5. The molecule has 30 heavy (non-hydrogen) atoms. The molecule has 0 saturated heterocycles. The molecule has 2 amide bonds. The second-order valence-corrected chi connectivity index (χ2v) is 6.26. The van der Waals surface area contributed by atoms with E-state index in [1.54, 1.807) is 31.2 Å². The lowest BCUT2D eigenvalue weighted by Gasteiger charge is -2.12. The van der Waals surface area contributed by atoms with Gasteiger partial charge >= 0.3 is 6.36 Å². The lowest BCUT2D eigenvalue weighted by molar-refractivity contribution is -0.274. The van der Waals surface area contributed by atoms with Crippen LogP contribution in [-0.2, 0) is 9.59 Å². The number of halogens is 3. The number of carbonyl (C=O) groups excluding carboxylic acids is 2. The maximum absolute atomic E-state index is 12.8. The second-order valence-electron chi connectivity index (χ2n) is 6.26. The first-order chi connectivity index (χ1) is 14.2. The van der Waals surface area contributed by atoms with Crippen LogP contribution in [0.2, 0.25) is 0 Å². The minimum atomic E-state index is -4.80. The summed E-state index contributed by atoms with van der Waals surface area (Å²) >= 11 is 0. The van der Waals surface area contributed by atoms with Crippen molar-refractivity contribution in [3.8, 4) is 11.5 Å². The number of imide groups is 1. The average Bonchev–Trinajstić information content (AvgIpc) is 2.92. The van der Waals surface area contributed by atoms with E-state index in [4.69, 9.17) is 4.74 Å². The van der Waals surface area contributed by atoms with Crippen molar-refractivity contribution in [2.75, 3.05) is 18.5 Å². The van der Waals surface area contributed by atoms with Gasteiger partial charge < -0.3 is 14.8 Å². The molecule has 9 heteroatoms. The van der Waals surface area contributed by atoms with Crippen LogP contribution in [0.4, 0.5) is 18.9 Å². The summed E-state index contributed by atoms with van der Waals surface area (Å²) in [6, 6.07) is 11.6. The van der Waals surface area contributed by atoms with Gasteiger partial charge in [-0.15, -0.1) is 13.2 Å². The molecule has 2 aromatic carbocycles. The van der Waals surface area contributed by atoms with Crippen molar-refractivity contribution in [2.24, 2.45) is 0 Å². The molecule has 1 heterocycles. The number of amides is 2. The molecule has 0 aromatic heterocycles. The molecule has 0 aliphatic carbocycles. The number of hydrogen-bond donors (Lipinski definition) is 1. The zero-order valence-electron chi connectivity index (χ0n) is 16.2. The van der Waals surface area contributed by atoms with Gasteiger partial charge in [-0.25, -0.2) is 0 Å². The van der Waals surface area contributed by atoms with E-state index in [2.05, 4.69) is 10.1 Å². The topological polar surface area (TPSA) is 67.9 Å². The normalized spacial score (nSPS) is 14.4. The summed E-state index contributed by atoms with van der Waals surface area (Å²) < 4.78 is 46.2. The van der Waals surface area contributed by atoms with Gasteiger partial charge in [0, 0.05) is 12.2 Å². The Bertz CT molecular complexity index is 967. The molecule has 0 radical (unpaired) electrons. The minimum Gasteiger partial charge on any atom is -0.494 e. The lowest BCUT2D eigenvalue weighted by Crippen LogP contribution is -2.32. The SMILES string of the molecule is CCOc1ccc(C2=C(Nc3ccc(OC(F)(F)F)cc3)C(=O)N(CC)C2=O)cc1. The fourth-order valence-electron chi connectivity index (χ4n) is 3.02. The van der Waals surface area contributed by atoms with Gasteiger partial charge in [0.05, 0.1) is 12.2 Å². The average molecular weight is 420 g/mol. The van der Waals surface area contributed by atoms with Gasteiger partial charge in [-0.3, -0.25) is 14.5 Å². The summed E-state index contributed by atoms with van der Waals surface area (Å²) in [5.74, 6) is -0.730. The molecule has 0 saturated carbocycles. The first-order valence-electron chi connectivity index (χ1n) is 9.20. The Balaban J connectivity index is 1.93. The summed E-state index contributed by atoms with van der Waals surface area (Å²) in [6.07, 6.45) is -4.80. The molecule has 2 aromatic rings. The zero-order valence-corrected chi connectivity index (χ0v) is 16.2. The number of nitrogens with one attached hydrogen (secondary N) is 1. The number of alkyl halides is 3. The van der Waals surface area contributed by atoms with E-state index in [0.29, 0.717) is 23.6 Å². The van der Waals surface area contributed by atoms with Crippen LogP contribution in [0.25, 0.3) is 5.57 Å². The maximum atomic E-state index is 12.8. The third-order valence-corrected chi connectivity index (χ3v) is 4.30. The van der Waals surface area contributed by atoms with E-state index in [1.165, 1.54) is 12.1 Å². The predicted octanol–water partition coefficient (Wildman–Crippen LogP) is 4.20. The van der Waals surface area contributed by atoms with Crippen molar-refractivity contribution < 1.29 is 32.2 Å². The van der Waals surface area contributed by atoms with Gasteiger partial charge in [0.25, 0.3) is 11.8 Å². The molecule has 158 valence electrons. The summed E-state index contributed by atoms with van der Waals surface area (Å²) in [5, 5.41) is 2.86. The van der Waals surface area contributed by atoms with Crippen LogP contribution in [0.1, 0.15) is 19.4 Å². The van der Waals surface area contributed by atoms with E-state index in [-0.39, 0.29) is 17.8 Å². The molecule has 0 spiro atoms. The van der Waals surface area contributed by atoms with Crippen molar-refractivity contribution in [2.45, 2.75) is 20.2 Å². The molecular formula is C21H19F3N2O4. The highest BCUT2D eigenvalue weighted by Crippen LogP contribution is 2.32.